The second kappa shape index (κ2) is 3.17. The quantitative estimate of drug-likeness (QED) is 0.595. The summed E-state index contributed by atoms with van der Waals surface area (Å²) in [6.07, 6.45) is 6.31. The van der Waals surface area contributed by atoms with Crippen molar-refractivity contribution in [2.45, 2.75) is 51.1 Å². The van der Waals surface area contributed by atoms with Gasteiger partial charge in [0.1, 0.15) is 5.78 Å². The highest BCUT2D eigenvalue weighted by Crippen LogP contribution is 2.40. The van der Waals surface area contributed by atoms with E-state index in [9.17, 15) is 4.79 Å². The van der Waals surface area contributed by atoms with Crippen molar-refractivity contribution < 1.29 is 4.79 Å². The molecule has 0 amide bonds. The Kier molecular flexibility index (Phi) is 2.18. The lowest BCUT2D eigenvalue weighted by Crippen LogP contribution is -2.08. The van der Waals surface area contributed by atoms with E-state index in [0.717, 1.165) is 25.0 Å². The van der Waals surface area contributed by atoms with Gasteiger partial charge in [0.25, 0.3) is 0 Å². The molecule has 12 heavy (non-hydrogen) atoms. The number of ketones is 1. The van der Waals surface area contributed by atoms with Crippen LogP contribution in [-0.4, -0.2) is 29.3 Å². The molecule has 2 unspecified atom stereocenters. The van der Waals surface area contributed by atoms with Gasteiger partial charge in [0.05, 0.1) is 0 Å². The van der Waals surface area contributed by atoms with Crippen LogP contribution < -0.4 is 0 Å². The SMILES string of the molecule is CC(=O)CCN1C2CCCCC21. The molecule has 0 N–H and O–H groups in total. The first-order valence-corrected chi connectivity index (χ1v) is 5.04. The maximum atomic E-state index is 10.8. The van der Waals surface area contributed by atoms with Gasteiger partial charge >= 0.3 is 0 Å². The molecule has 2 heteroatoms. The van der Waals surface area contributed by atoms with Crippen LogP contribution in [0.5, 0.6) is 0 Å². The lowest BCUT2D eigenvalue weighted by atomic mass is 10.0. The van der Waals surface area contributed by atoms with Gasteiger partial charge in [0, 0.05) is 25.0 Å². The first kappa shape index (κ1) is 8.24. The van der Waals surface area contributed by atoms with Gasteiger partial charge in [-0.1, -0.05) is 12.8 Å². The third-order valence-corrected chi connectivity index (χ3v) is 3.18. The summed E-state index contributed by atoms with van der Waals surface area (Å²) in [5.41, 5.74) is 0. The summed E-state index contributed by atoms with van der Waals surface area (Å²) < 4.78 is 0. The predicted molar refractivity (Wildman–Crippen MR) is 48.0 cm³/mol. The van der Waals surface area contributed by atoms with Gasteiger partial charge in [-0.3, -0.25) is 9.69 Å². The van der Waals surface area contributed by atoms with Crippen LogP contribution in [0.2, 0.25) is 0 Å². The minimum absolute atomic E-state index is 0.332. The van der Waals surface area contributed by atoms with Crippen LogP contribution in [0, 0.1) is 0 Å². The van der Waals surface area contributed by atoms with Crippen LogP contribution in [0.4, 0.5) is 0 Å². The minimum Gasteiger partial charge on any atom is -0.300 e. The highest BCUT2D eigenvalue weighted by molar-refractivity contribution is 5.75. The molecular formula is C10H17NO. The average Bonchev–Trinajstić information content (AvgIpc) is 2.74. The van der Waals surface area contributed by atoms with E-state index < -0.39 is 0 Å². The largest absolute Gasteiger partial charge is 0.300 e. The lowest BCUT2D eigenvalue weighted by Gasteiger charge is -2.02. The molecule has 0 aromatic heterocycles. The van der Waals surface area contributed by atoms with E-state index >= 15 is 0 Å². The number of nitrogens with zero attached hydrogens (tertiary/aromatic N) is 1. The Morgan fingerprint density at radius 2 is 1.92 bits per heavy atom. The molecule has 0 bridgehead atoms. The first-order valence-electron chi connectivity index (χ1n) is 5.04. The number of hydrogen-bond donors (Lipinski definition) is 0. The van der Waals surface area contributed by atoms with Crippen LogP contribution in [0.15, 0.2) is 0 Å². The van der Waals surface area contributed by atoms with Gasteiger partial charge in [0.15, 0.2) is 0 Å². The van der Waals surface area contributed by atoms with Crippen molar-refractivity contribution in [3.8, 4) is 0 Å². The summed E-state index contributed by atoms with van der Waals surface area (Å²) in [5, 5.41) is 0. The van der Waals surface area contributed by atoms with Crippen LogP contribution >= 0.6 is 0 Å². The molecule has 1 saturated carbocycles. The number of carbonyl (C=O) groups excluding carboxylic acids is 1. The van der Waals surface area contributed by atoms with E-state index in [1.54, 1.807) is 6.92 Å². The number of hydrogen-bond acceptors (Lipinski definition) is 2. The van der Waals surface area contributed by atoms with Crippen molar-refractivity contribution in [1.82, 2.24) is 4.90 Å². The van der Waals surface area contributed by atoms with Gasteiger partial charge in [-0.2, -0.15) is 0 Å². The topological polar surface area (TPSA) is 20.1 Å². The summed E-state index contributed by atoms with van der Waals surface area (Å²) in [6, 6.07) is 1.72. The van der Waals surface area contributed by atoms with Crippen LogP contribution in [0.3, 0.4) is 0 Å². The zero-order chi connectivity index (χ0) is 8.55. The second-order valence-electron chi connectivity index (χ2n) is 4.11. The molecule has 1 heterocycles. The normalized spacial score (nSPS) is 38.9. The Balaban J connectivity index is 1.74. The molecule has 1 aliphatic heterocycles. The van der Waals surface area contributed by atoms with Gasteiger partial charge < -0.3 is 0 Å². The lowest BCUT2D eigenvalue weighted by molar-refractivity contribution is -0.117. The first-order chi connectivity index (χ1) is 5.79. The number of carbonyl (C=O) groups is 1. The Morgan fingerprint density at radius 1 is 1.33 bits per heavy atom. The average molecular weight is 167 g/mol. The minimum atomic E-state index is 0.332. The molecule has 0 aromatic rings. The number of rotatable bonds is 3. The van der Waals surface area contributed by atoms with Crippen molar-refractivity contribution in [3.63, 3.8) is 0 Å². The summed E-state index contributed by atoms with van der Waals surface area (Å²) in [6.45, 7) is 2.71. The second-order valence-corrected chi connectivity index (χ2v) is 4.11. The molecule has 0 radical (unpaired) electrons. The molecule has 0 aromatic carbocycles. The molecule has 2 fully saturated rings. The fourth-order valence-electron chi connectivity index (χ4n) is 2.43. The summed E-state index contributed by atoms with van der Waals surface area (Å²) >= 11 is 0. The van der Waals surface area contributed by atoms with E-state index in [0.29, 0.717) is 5.78 Å². The van der Waals surface area contributed by atoms with Crippen LogP contribution in [-0.2, 0) is 4.79 Å². The van der Waals surface area contributed by atoms with Crippen molar-refractivity contribution in [3.05, 3.63) is 0 Å². The smallest absolute Gasteiger partial charge is 0.131 e. The van der Waals surface area contributed by atoms with Gasteiger partial charge in [-0.15, -0.1) is 0 Å². The predicted octanol–water partition coefficient (Wildman–Crippen LogP) is 1.59. The van der Waals surface area contributed by atoms with E-state index in [2.05, 4.69) is 4.90 Å². The molecule has 2 rings (SSSR count). The number of likely N-dealkylation sites (tertiary alicyclic amines) is 1. The molecule has 68 valence electrons. The van der Waals surface area contributed by atoms with Gasteiger partial charge in [0.2, 0.25) is 0 Å². The van der Waals surface area contributed by atoms with E-state index in [1.165, 1.54) is 25.7 Å². The summed E-state index contributed by atoms with van der Waals surface area (Å²) in [5.74, 6) is 0.332. The molecule has 0 spiro atoms. The number of fused-ring (bicyclic) bond motifs is 1. The zero-order valence-electron chi connectivity index (χ0n) is 7.75. The summed E-state index contributed by atoms with van der Waals surface area (Å²) in [4.78, 5) is 13.3. The molecular weight excluding hydrogens is 150 g/mol. The molecule has 2 atom stereocenters. The maximum Gasteiger partial charge on any atom is 0.131 e. The zero-order valence-corrected chi connectivity index (χ0v) is 7.75. The van der Waals surface area contributed by atoms with Crippen LogP contribution in [0.1, 0.15) is 39.0 Å². The molecule has 1 saturated heterocycles. The Morgan fingerprint density at radius 3 is 2.42 bits per heavy atom. The number of Topliss-reactive ketones (excluding diaryl/α,β-unsaturated/α-hetero) is 1. The van der Waals surface area contributed by atoms with Crippen LogP contribution in [0.25, 0.3) is 0 Å². The van der Waals surface area contributed by atoms with Crippen molar-refractivity contribution in [2.75, 3.05) is 6.54 Å². The maximum absolute atomic E-state index is 10.8. The van der Waals surface area contributed by atoms with Crippen molar-refractivity contribution in [2.24, 2.45) is 0 Å². The highest BCUT2D eigenvalue weighted by atomic mass is 16.1. The van der Waals surface area contributed by atoms with E-state index in [4.69, 9.17) is 0 Å². The third-order valence-electron chi connectivity index (χ3n) is 3.18. The molecule has 2 nitrogen and oxygen atoms in total. The fourth-order valence-corrected chi connectivity index (χ4v) is 2.43. The Hall–Kier alpha value is -0.370. The van der Waals surface area contributed by atoms with Crippen molar-refractivity contribution in [1.29, 1.82) is 0 Å². The van der Waals surface area contributed by atoms with E-state index in [1.807, 2.05) is 0 Å². The Bertz CT molecular complexity index is 178. The van der Waals surface area contributed by atoms with Gasteiger partial charge in [-0.25, -0.2) is 0 Å². The molecule has 1 aliphatic carbocycles. The monoisotopic (exact) mass is 167 g/mol. The fraction of sp³-hybridized carbons (Fsp3) is 0.900. The summed E-state index contributed by atoms with van der Waals surface area (Å²) in [7, 11) is 0. The van der Waals surface area contributed by atoms with Crippen molar-refractivity contribution >= 4 is 5.78 Å². The standard InChI is InChI=1S/C10H17NO/c1-8(12)6-7-11-9-4-2-3-5-10(9)11/h9-10H,2-7H2,1H3. The Labute approximate surface area is 73.9 Å². The van der Waals surface area contributed by atoms with Gasteiger partial charge in [-0.05, 0) is 19.8 Å². The third kappa shape index (κ3) is 1.53. The molecule has 2 aliphatic rings. The highest BCUT2D eigenvalue weighted by Gasteiger charge is 2.47. The van der Waals surface area contributed by atoms with E-state index in [-0.39, 0.29) is 0 Å².